The van der Waals surface area contributed by atoms with Crippen LogP contribution in [0.3, 0.4) is 0 Å². The van der Waals surface area contributed by atoms with Crippen molar-refractivity contribution in [2.45, 2.75) is 26.4 Å². The number of nitrogens with zero attached hydrogens (tertiary/aromatic N) is 4. The lowest BCUT2D eigenvalue weighted by Crippen LogP contribution is -2.42. The molecular formula is C23H21N5O3. The van der Waals surface area contributed by atoms with Crippen LogP contribution in [0.25, 0.3) is 11.2 Å². The number of aryl methyl sites for hydroxylation is 2. The molecule has 2 aromatic carbocycles. The topological polar surface area (TPSA) is 98.9 Å². The van der Waals surface area contributed by atoms with E-state index in [1.807, 2.05) is 49.4 Å². The Morgan fingerprint density at radius 2 is 1.65 bits per heavy atom. The molecule has 4 aromatic rings. The van der Waals surface area contributed by atoms with Gasteiger partial charge in [-0.15, -0.1) is 0 Å². The van der Waals surface area contributed by atoms with Crippen molar-refractivity contribution in [1.82, 2.24) is 19.1 Å². The van der Waals surface area contributed by atoms with E-state index in [2.05, 4.69) is 15.3 Å². The molecule has 4 rings (SSSR count). The smallest absolute Gasteiger partial charge is 0.325 e. The Balaban J connectivity index is 1.68. The number of carbonyl (C=O) groups is 1. The highest BCUT2D eigenvalue weighted by Crippen LogP contribution is 2.09. The van der Waals surface area contributed by atoms with Crippen molar-refractivity contribution in [3.8, 4) is 0 Å². The fraction of sp³-hybridized carbons (Fsp3) is 0.174. The number of rotatable bonds is 6. The van der Waals surface area contributed by atoms with Crippen LogP contribution in [0, 0.1) is 6.92 Å². The first-order chi connectivity index (χ1) is 15.0. The molecule has 0 bridgehead atoms. The molecule has 156 valence electrons. The van der Waals surface area contributed by atoms with Crippen molar-refractivity contribution in [2.24, 2.45) is 0 Å². The van der Waals surface area contributed by atoms with E-state index >= 15 is 0 Å². The Morgan fingerprint density at radius 3 is 2.39 bits per heavy atom. The molecule has 8 heteroatoms. The maximum absolute atomic E-state index is 13.1. The molecule has 0 spiro atoms. The summed E-state index contributed by atoms with van der Waals surface area (Å²) in [6, 6.07) is 16.9. The third kappa shape index (κ3) is 4.42. The van der Waals surface area contributed by atoms with Gasteiger partial charge < -0.3 is 5.32 Å². The second-order valence-electron chi connectivity index (χ2n) is 7.20. The second kappa shape index (κ2) is 8.74. The summed E-state index contributed by atoms with van der Waals surface area (Å²) in [5, 5.41) is 2.77. The van der Waals surface area contributed by atoms with Gasteiger partial charge in [0.25, 0.3) is 5.56 Å². The van der Waals surface area contributed by atoms with Crippen LogP contribution >= 0.6 is 0 Å². The van der Waals surface area contributed by atoms with Gasteiger partial charge in [0.15, 0.2) is 11.2 Å². The SMILES string of the molecule is Cc1ccc(NC(=O)Cn2c(=O)n(CCc3ccccc3)c(=O)c3nccnc32)cc1. The standard InChI is InChI=1S/C23H21N5O3/c1-16-7-9-18(10-8-16)26-19(29)15-28-21-20(24-12-13-25-21)22(30)27(23(28)31)14-11-17-5-3-2-4-6-17/h2-10,12-13H,11,14-15H2,1H3,(H,26,29). The van der Waals surface area contributed by atoms with E-state index in [0.717, 1.165) is 15.7 Å². The highest BCUT2D eigenvalue weighted by atomic mass is 16.2. The quantitative estimate of drug-likeness (QED) is 0.520. The molecule has 2 heterocycles. The molecule has 1 amide bonds. The summed E-state index contributed by atoms with van der Waals surface area (Å²) in [5.74, 6) is -0.397. The van der Waals surface area contributed by atoms with E-state index in [1.54, 1.807) is 12.1 Å². The van der Waals surface area contributed by atoms with E-state index < -0.39 is 17.2 Å². The number of hydrogen-bond donors (Lipinski definition) is 1. The molecule has 0 radical (unpaired) electrons. The molecule has 1 N–H and O–H groups in total. The zero-order valence-electron chi connectivity index (χ0n) is 17.0. The van der Waals surface area contributed by atoms with Gasteiger partial charge >= 0.3 is 5.69 Å². The molecule has 8 nitrogen and oxygen atoms in total. The monoisotopic (exact) mass is 415 g/mol. The Bertz CT molecular complexity index is 1340. The van der Waals surface area contributed by atoms with Gasteiger partial charge in [-0.2, -0.15) is 0 Å². The number of anilines is 1. The number of aromatic nitrogens is 4. The molecular weight excluding hydrogens is 394 g/mol. The van der Waals surface area contributed by atoms with Crippen molar-refractivity contribution < 1.29 is 4.79 Å². The van der Waals surface area contributed by atoms with Crippen LogP contribution in [0.4, 0.5) is 5.69 Å². The summed E-state index contributed by atoms with van der Waals surface area (Å²) in [4.78, 5) is 46.9. The molecule has 2 aromatic heterocycles. The highest BCUT2D eigenvalue weighted by Gasteiger charge is 2.17. The number of fused-ring (bicyclic) bond motifs is 1. The van der Waals surface area contributed by atoms with Gasteiger partial charge in [0, 0.05) is 24.6 Å². The third-order valence-electron chi connectivity index (χ3n) is 4.95. The fourth-order valence-electron chi connectivity index (χ4n) is 3.34. The van der Waals surface area contributed by atoms with Crippen LogP contribution in [-0.4, -0.2) is 25.0 Å². The first-order valence-electron chi connectivity index (χ1n) is 9.88. The van der Waals surface area contributed by atoms with Crippen molar-refractivity contribution in [1.29, 1.82) is 0 Å². The third-order valence-corrected chi connectivity index (χ3v) is 4.95. The van der Waals surface area contributed by atoms with Crippen LogP contribution < -0.4 is 16.6 Å². The Labute approximate surface area is 177 Å². The first kappa shape index (κ1) is 20.2. The summed E-state index contributed by atoms with van der Waals surface area (Å²) in [5.41, 5.74) is 1.73. The molecule has 0 aliphatic carbocycles. The van der Waals surface area contributed by atoms with E-state index in [0.29, 0.717) is 12.1 Å². The number of hydrogen-bond acceptors (Lipinski definition) is 5. The molecule has 0 saturated carbocycles. The lowest BCUT2D eigenvalue weighted by Gasteiger charge is -2.13. The number of benzene rings is 2. The molecule has 0 fully saturated rings. The van der Waals surface area contributed by atoms with E-state index in [-0.39, 0.29) is 24.3 Å². The maximum atomic E-state index is 13.1. The van der Waals surface area contributed by atoms with Crippen molar-refractivity contribution in [2.75, 3.05) is 5.32 Å². The summed E-state index contributed by atoms with van der Waals surface area (Å²) < 4.78 is 2.31. The second-order valence-corrected chi connectivity index (χ2v) is 7.20. The van der Waals surface area contributed by atoms with Crippen LogP contribution in [0.2, 0.25) is 0 Å². The predicted molar refractivity (Wildman–Crippen MR) is 118 cm³/mol. The summed E-state index contributed by atoms with van der Waals surface area (Å²) in [6.45, 7) is 1.84. The van der Waals surface area contributed by atoms with Gasteiger partial charge in [-0.3, -0.25) is 18.7 Å². The summed E-state index contributed by atoms with van der Waals surface area (Å²) in [6.07, 6.45) is 3.29. The largest absolute Gasteiger partial charge is 0.333 e. The molecule has 0 aliphatic rings. The predicted octanol–water partition coefficient (Wildman–Crippen LogP) is 2.14. The Morgan fingerprint density at radius 1 is 0.935 bits per heavy atom. The van der Waals surface area contributed by atoms with Gasteiger partial charge in [-0.25, -0.2) is 14.8 Å². The minimum Gasteiger partial charge on any atom is -0.325 e. The van der Waals surface area contributed by atoms with E-state index in [1.165, 1.54) is 17.0 Å². The van der Waals surface area contributed by atoms with Gasteiger partial charge in [0.1, 0.15) is 6.54 Å². The zero-order chi connectivity index (χ0) is 21.8. The fourth-order valence-corrected chi connectivity index (χ4v) is 3.34. The highest BCUT2D eigenvalue weighted by molar-refractivity contribution is 5.91. The van der Waals surface area contributed by atoms with Crippen LogP contribution in [0.15, 0.2) is 76.6 Å². The lowest BCUT2D eigenvalue weighted by molar-refractivity contribution is -0.116. The molecule has 0 aliphatic heterocycles. The average Bonchev–Trinajstić information content (AvgIpc) is 2.79. The zero-order valence-corrected chi connectivity index (χ0v) is 17.0. The lowest BCUT2D eigenvalue weighted by atomic mass is 10.1. The van der Waals surface area contributed by atoms with Crippen molar-refractivity contribution in [3.05, 3.63) is 99.0 Å². The van der Waals surface area contributed by atoms with Gasteiger partial charge in [0.2, 0.25) is 5.91 Å². The minimum absolute atomic E-state index is 0.0540. The number of amides is 1. The number of nitrogens with one attached hydrogen (secondary N) is 1. The maximum Gasteiger partial charge on any atom is 0.333 e. The Kier molecular flexibility index (Phi) is 5.70. The van der Waals surface area contributed by atoms with Crippen LogP contribution in [0.1, 0.15) is 11.1 Å². The van der Waals surface area contributed by atoms with E-state index in [4.69, 9.17) is 0 Å². The van der Waals surface area contributed by atoms with Crippen LogP contribution in [-0.2, 0) is 24.3 Å². The van der Waals surface area contributed by atoms with Crippen molar-refractivity contribution in [3.63, 3.8) is 0 Å². The summed E-state index contributed by atoms with van der Waals surface area (Å²) in [7, 11) is 0. The van der Waals surface area contributed by atoms with Crippen molar-refractivity contribution >= 4 is 22.8 Å². The molecule has 0 atom stereocenters. The molecule has 31 heavy (non-hydrogen) atoms. The summed E-state index contributed by atoms with van der Waals surface area (Å²) >= 11 is 0. The number of carbonyl (C=O) groups excluding carboxylic acids is 1. The molecule has 0 unspecified atom stereocenters. The Hall–Kier alpha value is -4.07. The normalized spacial score (nSPS) is 10.9. The van der Waals surface area contributed by atoms with Gasteiger partial charge in [-0.05, 0) is 31.0 Å². The first-order valence-corrected chi connectivity index (χ1v) is 9.88. The average molecular weight is 415 g/mol. The molecule has 0 saturated heterocycles. The van der Waals surface area contributed by atoms with Gasteiger partial charge in [-0.1, -0.05) is 48.0 Å². The van der Waals surface area contributed by atoms with Gasteiger partial charge in [0.05, 0.1) is 0 Å². The minimum atomic E-state index is -0.590. The van der Waals surface area contributed by atoms with E-state index in [9.17, 15) is 14.4 Å². The van der Waals surface area contributed by atoms with Crippen LogP contribution in [0.5, 0.6) is 0 Å².